The van der Waals surface area contributed by atoms with Gasteiger partial charge in [-0.15, -0.1) is 0 Å². The highest BCUT2D eigenvalue weighted by atomic mass is 19.1. The third-order valence-electron chi connectivity index (χ3n) is 3.87. The van der Waals surface area contributed by atoms with Crippen molar-refractivity contribution in [2.24, 2.45) is 5.73 Å². The molecular weight excluding hydrogens is 223 g/mol. The fourth-order valence-electron chi connectivity index (χ4n) is 2.13. The summed E-state index contributed by atoms with van der Waals surface area (Å²) in [6.45, 7) is 3.67. The summed E-state index contributed by atoms with van der Waals surface area (Å²) in [4.78, 5) is 10.2. The van der Waals surface area contributed by atoms with Crippen LogP contribution in [0.3, 0.4) is 0 Å². The van der Waals surface area contributed by atoms with Crippen molar-refractivity contribution < 1.29 is 9.31 Å². The minimum Gasteiger partial charge on any atom is -0.324 e. The lowest BCUT2D eigenvalue weighted by Gasteiger charge is -2.32. The Morgan fingerprint density at radius 2 is 2.06 bits per heavy atom. The molecule has 1 fully saturated rings. The molecule has 0 amide bonds. The lowest BCUT2D eigenvalue weighted by Crippen LogP contribution is -2.43. The van der Waals surface area contributed by atoms with Crippen molar-refractivity contribution >= 4 is 5.69 Å². The molecule has 1 saturated carbocycles. The summed E-state index contributed by atoms with van der Waals surface area (Å²) >= 11 is 0. The fraction of sp³-hybridized carbons (Fsp3) is 0.500. The van der Waals surface area contributed by atoms with Gasteiger partial charge in [0.25, 0.3) is 5.69 Å². The Labute approximate surface area is 98.8 Å². The molecule has 0 bridgehead atoms. The summed E-state index contributed by atoms with van der Waals surface area (Å²) in [5.41, 5.74) is 5.31. The Kier molecular flexibility index (Phi) is 2.47. The van der Waals surface area contributed by atoms with Crippen LogP contribution in [0.2, 0.25) is 0 Å². The van der Waals surface area contributed by atoms with Crippen LogP contribution in [0.5, 0.6) is 0 Å². The average Bonchev–Trinajstić information content (AvgIpc) is 2.98. The SMILES string of the molecule is CC(C)(c1cc([N+](=O)[O-])ccc1F)C1(N)CC1. The van der Waals surface area contributed by atoms with Crippen molar-refractivity contribution in [1.29, 1.82) is 0 Å². The van der Waals surface area contributed by atoms with E-state index in [0.717, 1.165) is 18.9 Å². The molecule has 17 heavy (non-hydrogen) atoms. The maximum absolute atomic E-state index is 13.8. The number of nitrogens with zero attached hydrogens (tertiary/aromatic N) is 1. The summed E-state index contributed by atoms with van der Waals surface area (Å²) in [6, 6.07) is 3.61. The Morgan fingerprint density at radius 3 is 2.53 bits per heavy atom. The first-order chi connectivity index (χ1) is 7.78. The summed E-state index contributed by atoms with van der Waals surface area (Å²) in [5.74, 6) is -0.433. The average molecular weight is 238 g/mol. The van der Waals surface area contributed by atoms with Crippen molar-refractivity contribution in [2.75, 3.05) is 0 Å². The first-order valence-corrected chi connectivity index (χ1v) is 5.51. The molecule has 4 nitrogen and oxygen atoms in total. The second kappa shape index (κ2) is 3.50. The van der Waals surface area contributed by atoms with Crippen molar-refractivity contribution in [3.8, 4) is 0 Å². The number of non-ortho nitro benzene ring substituents is 1. The molecule has 92 valence electrons. The van der Waals surface area contributed by atoms with Crippen LogP contribution in [0.25, 0.3) is 0 Å². The first-order valence-electron chi connectivity index (χ1n) is 5.51. The third kappa shape index (κ3) is 1.80. The predicted molar refractivity (Wildman–Crippen MR) is 62.2 cm³/mol. The van der Waals surface area contributed by atoms with E-state index in [9.17, 15) is 14.5 Å². The summed E-state index contributed by atoms with van der Waals surface area (Å²) in [7, 11) is 0. The smallest absolute Gasteiger partial charge is 0.269 e. The number of nitro benzene ring substituents is 1. The van der Waals surface area contributed by atoms with E-state index in [2.05, 4.69) is 0 Å². The van der Waals surface area contributed by atoms with E-state index in [0.29, 0.717) is 5.56 Å². The van der Waals surface area contributed by atoms with E-state index < -0.39 is 21.7 Å². The molecule has 5 heteroatoms. The van der Waals surface area contributed by atoms with E-state index >= 15 is 0 Å². The van der Waals surface area contributed by atoms with Crippen molar-refractivity contribution in [3.05, 3.63) is 39.7 Å². The number of halogens is 1. The molecule has 1 aromatic rings. The van der Waals surface area contributed by atoms with Gasteiger partial charge in [0.15, 0.2) is 0 Å². The number of benzene rings is 1. The lowest BCUT2D eigenvalue weighted by atomic mass is 9.75. The molecular formula is C12H15FN2O2. The number of hydrogen-bond acceptors (Lipinski definition) is 3. The maximum Gasteiger partial charge on any atom is 0.269 e. The topological polar surface area (TPSA) is 69.2 Å². The minimum atomic E-state index is -0.594. The largest absolute Gasteiger partial charge is 0.324 e. The molecule has 0 saturated heterocycles. The van der Waals surface area contributed by atoms with Crippen LogP contribution in [0.4, 0.5) is 10.1 Å². The van der Waals surface area contributed by atoms with Crippen molar-refractivity contribution in [3.63, 3.8) is 0 Å². The fourth-order valence-corrected chi connectivity index (χ4v) is 2.13. The van der Waals surface area contributed by atoms with Gasteiger partial charge in [-0.2, -0.15) is 0 Å². The zero-order chi connectivity index (χ0) is 12.8. The van der Waals surface area contributed by atoms with Gasteiger partial charge in [0.05, 0.1) is 4.92 Å². The van der Waals surface area contributed by atoms with Crippen LogP contribution in [-0.4, -0.2) is 10.5 Å². The maximum atomic E-state index is 13.8. The van der Waals surface area contributed by atoms with Crippen molar-refractivity contribution in [2.45, 2.75) is 37.6 Å². The Bertz CT molecular complexity index is 481. The highest BCUT2D eigenvalue weighted by Gasteiger charge is 2.53. The zero-order valence-corrected chi connectivity index (χ0v) is 9.87. The van der Waals surface area contributed by atoms with Crippen LogP contribution in [0, 0.1) is 15.9 Å². The van der Waals surface area contributed by atoms with E-state index in [-0.39, 0.29) is 5.69 Å². The number of nitro groups is 1. The molecule has 2 rings (SSSR count). The summed E-state index contributed by atoms with van der Waals surface area (Å²) in [6.07, 6.45) is 1.64. The number of hydrogen-bond donors (Lipinski definition) is 1. The molecule has 0 aromatic heterocycles. The normalized spacial score (nSPS) is 17.9. The van der Waals surface area contributed by atoms with Crippen molar-refractivity contribution in [1.82, 2.24) is 0 Å². The van der Waals surface area contributed by atoms with Crippen LogP contribution in [-0.2, 0) is 5.41 Å². The molecule has 1 aliphatic carbocycles. The van der Waals surface area contributed by atoms with Gasteiger partial charge in [-0.1, -0.05) is 13.8 Å². The Balaban J connectivity index is 2.51. The van der Waals surface area contributed by atoms with Crippen LogP contribution >= 0.6 is 0 Å². The molecule has 2 N–H and O–H groups in total. The van der Waals surface area contributed by atoms with E-state index in [1.807, 2.05) is 13.8 Å². The second-order valence-corrected chi connectivity index (χ2v) is 5.20. The third-order valence-corrected chi connectivity index (χ3v) is 3.87. The lowest BCUT2D eigenvalue weighted by molar-refractivity contribution is -0.385. The van der Waals surface area contributed by atoms with Crippen LogP contribution in [0.15, 0.2) is 18.2 Å². The van der Waals surface area contributed by atoms with Crippen LogP contribution < -0.4 is 5.73 Å². The first kappa shape index (κ1) is 12.0. The molecule has 0 radical (unpaired) electrons. The van der Waals surface area contributed by atoms with Gasteiger partial charge < -0.3 is 5.73 Å². The minimum absolute atomic E-state index is 0.0984. The van der Waals surface area contributed by atoms with Gasteiger partial charge in [-0.3, -0.25) is 10.1 Å². The molecule has 0 aliphatic heterocycles. The summed E-state index contributed by atoms with van der Waals surface area (Å²) < 4.78 is 13.8. The van der Waals surface area contributed by atoms with E-state index in [1.54, 1.807) is 0 Å². The van der Waals surface area contributed by atoms with E-state index in [4.69, 9.17) is 5.73 Å². The second-order valence-electron chi connectivity index (χ2n) is 5.20. The number of rotatable bonds is 3. The van der Waals surface area contributed by atoms with Gasteiger partial charge >= 0.3 is 0 Å². The number of nitrogens with two attached hydrogens (primary N) is 1. The Hall–Kier alpha value is -1.49. The summed E-state index contributed by atoms with van der Waals surface area (Å²) in [5, 5.41) is 10.7. The molecule has 1 aromatic carbocycles. The Morgan fingerprint density at radius 1 is 1.47 bits per heavy atom. The van der Waals surface area contributed by atoms with Crippen LogP contribution in [0.1, 0.15) is 32.3 Å². The van der Waals surface area contributed by atoms with Gasteiger partial charge in [0, 0.05) is 28.7 Å². The van der Waals surface area contributed by atoms with Gasteiger partial charge in [-0.05, 0) is 18.9 Å². The van der Waals surface area contributed by atoms with Gasteiger partial charge in [0.2, 0.25) is 0 Å². The molecule has 0 atom stereocenters. The molecule has 0 heterocycles. The molecule has 0 unspecified atom stereocenters. The highest BCUT2D eigenvalue weighted by Crippen LogP contribution is 2.50. The predicted octanol–water partition coefficient (Wildman–Crippen LogP) is 2.50. The molecule has 1 aliphatic rings. The standard InChI is InChI=1S/C12H15FN2O2/c1-11(2,12(14)5-6-12)9-7-8(15(16)17)3-4-10(9)13/h3-4,7H,5-6,14H2,1-2H3. The highest BCUT2D eigenvalue weighted by molar-refractivity contribution is 5.42. The zero-order valence-electron chi connectivity index (χ0n) is 9.87. The van der Waals surface area contributed by atoms with Gasteiger partial charge in [-0.25, -0.2) is 4.39 Å². The van der Waals surface area contributed by atoms with Gasteiger partial charge in [0.1, 0.15) is 5.82 Å². The monoisotopic (exact) mass is 238 g/mol. The quantitative estimate of drug-likeness (QED) is 0.649. The van der Waals surface area contributed by atoms with E-state index in [1.165, 1.54) is 12.1 Å². The molecule has 0 spiro atoms.